The summed E-state index contributed by atoms with van der Waals surface area (Å²) in [5.41, 5.74) is 11.1. The molecule has 0 bridgehead atoms. The second-order valence-corrected chi connectivity index (χ2v) is 3.56. The number of carboxylic acid groups (broad SMARTS) is 2. The summed E-state index contributed by atoms with van der Waals surface area (Å²) < 4.78 is 0. The molecule has 1 rings (SSSR count). The molecule has 1 aromatic carbocycles. The van der Waals surface area contributed by atoms with Gasteiger partial charge < -0.3 is 21.7 Å². The smallest absolute Gasteiger partial charge is 0.335 e. The van der Waals surface area contributed by atoms with E-state index in [4.69, 9.17) is 21.7 Å². The number of carboxylic acids is 2. The molecular formula is C12H16N2O5. The third kappa shape index (κ3) is 8.33. The Labute approximate surface area is 109 Å². The number of Topliss-reactive ketones (excluding diaryl/α,β-unsaturated/α-hetero) is 1. The predicted octanol–water partition coefficient (Wildman–Crippen LogP) is 0.346. The van der Waals surface area contributed by atoms with Gasteiger partial charge in [-0.1, -0.05) is 0 Å². The molecule has 7 heteroatoms. The van der Waals surface area contributed by atoms with E-state index >= 15 is 0 Å². The van der Waals surface area contributed by atoms with Crippen LogP contribution >= 0.6 is 0 Å². The molecule has 0 aliphatic carbocycles. The molecule has 0 aliphatic rings. The van der Waals surface area contributed by atoms with Gasteiger partial charge in [0.05, 0.1) is 18.5 Å². The van der Waals surface area contributed by atoms with Crippen molar-refractivity contribution in [3.8, 4) is 0 Å². The second-order valence-electron chi connectivity index (χ2n) is 3.56. The number of nitrogens with two attached hydrogens (primary N) is 2. The predicted molar refractivity (Wildman–Crippen MR) is 68.7 cm³/mol. The normalized spacial score (nSPS) is 9.11. The van der Waals surface area contributed by atoms with E-state index in [1.807, 2.05) is 0 Å². The molecule has 0 heterocycles. The molecule has 19 heavy (non-hydrogen) atoms. The van der Waals surface area contributed by atoms with Crippen molar-refractivity contribution >= 4 is 23.4 Å². The van der Waals surface area contributed by atoms with Crippen molar-refractivity contribution < 1.29 is 24.6 Å². The molecule has 0 atom stereocenters. The number of aliphatic carboxylic acids is 1. The summed E-state index contributed by atoms with van der Waals surface area (Å²) >= 11 is 0. The minimum absolute atomic E-state index is 0.0475. The van der Waals surface area contributed by atoms with Gasteiger partial charge in [-0.05, 0) is 24.3 Å². The first kappa shape index (κ1) is 16.6. The Morgan fingerprint density at radius 1 is 1.00 bits per heavy atom. The Bertz CT molecular complexity index is 442. The quantitative estimate of drug-likeness (QED) is 0.564. The van der Waals surface area contributed by atoms with Gasteiger partial charge in [0.1, 0.15) is 5.78 Å². The number of nitrogen functional groups attached to an aromatic ring is 1. The Morgan fingerprint density at radius 2 is 1.53 bits per heavy atom. The van der Waals surface area contributed by atoms with E-state index in [9.17, 15) is 14.4 Å². The van der Waals surface area contributed by atoms with Gasteiger partial charge in [0.25, 0.3) is 0 Å². The van der Waals surface area contributed by atoms with Crippen LogP contribution in [0.3, 0.4) is 0 Å². The summed E-state index contributed by atoms with van der Waals surface area (Å²) in [4.78, 5) is 30.4. The molecule has 0 radical (unpaired) electrons. The lowest BCUT2D eigenvalue weighted by atomic mass is 10.2. The highest BCUT2D eigenvalue weighted by molar-refractivity contribution is 5.87. The van der Waals surface area contributed by atoms with Crippen molar-refractivity contribution in [2.24, 2.45) is 5.73 Å². The molecule has 7 nitrogen and oxygen atoms in total. The second kappa shape index (κ2) is 8.65. The summed E-state index contributed by atoms with van der Waals surface area (Å²) in [6, 6.07) is 6.06. The van der Waals surface area contributed by atoms with Crippen molar-refractivity contribution in [2.45, 2.75) is 12.8 Å². The van der Waals surface area contributed by atoms with Gasteiger partial charge in [0, 0.05) is 12.1 Å². The van der Waals surface area contributed by atoms with Gasteiger partial charge in [-0.2, -0.15) is 0 Å². The SMILES string of the molecule is NCC(=O)CCC(=O)O.Nc1ccc(C(=O)O)cc1. The highest BCUT2D eigenvalue weighted by atomic mass is 16.4. The van der Waals surface area contributed by atoms with Crippen LogP contribution in [-0.2, 0) is 9.59 Å². The summed E-state index contributed by atoms with van der Waals surface area (Å²) in [6.45, 7) is -0.0622. The standard InChI is InChI=1S/C7H7NO2.C5H9NO3/c8-6-3-1-5(2-4-6)7(9)10;6-3-4(7)1-2-5(8)9/h1-4H,8H2,(H,9,10);1-3,6H2,(H,8,9). The molecule has 104 valence electrons. The van der Waals surface area contributed by atoms with Crippen LogP contribution in [0.5, 0.6) is 0 Å². The largest absolute Gasteiger partial charge is 0.481 e. The lowest BCUT2D eigenvalue weighted by molar-refractivity contribution is -0.138. The summed E-state index contributed by atoms with van der Waals surface area (Å²) in [5.74, 6) is -2.10. The average molecular weight is 268 g/mol. The molecule has 0 saturated carbocycles. The van der Waals surface area contributed by atoms with Crippen LogP contribution in [0.1, 0.15) is 23.2 Å². The van der Waals surface area contributed by atoms with Crippen molar-refractivity contribution in [2.75, 3.05) is 12.3 Å². The van der Waals surface area contributed by atoms with Crippen molar-refractivity contribution in [1.29, 1.82) is 0 Å². The lowest BCUT2D eigenvalue weighted by Crippen LogP contribution is -2.14. The highest BCUT2D eigenvalue weighted by Gasteiger charge is 2.01. The van der Waals surface area contributed by atoms with Crippen molar-refractivity contribution in [3.05, 3.63) is 29.8 Å². The summed E-state index contributed by atoms with van der Waals surface area (Å²) in [6.07, 6.45) is -0.0676. The first-order valence-corrected chi connectivity index (χ1v) is 5.39. The van der Waals surface area contributed by atoms with Gasteiger partial charge >= 0.3 is 11.9 Å². The van der Waals surface area contributed by atoms with Gasteiger partial charge in [0.15, 0.2) is 0 Å². The van der Waals surface area contributed by atoms with Crippen LogP contribution in [-0.4, -0.2) is 34.5 Å². The number of benzene rings is 1. The Balaban J connectivity index is 0.000000344. The van der Waals surface area contributed by atoms with Crippen LogP contribution in [0, 0.1) is 0 Å². The number of hydrogen-bond acceptors (Lipinski definition) is 5. The maximum absolute atomic E-state index is 10.3. The number of aromatic carboxylic acids is 1. The van der Waals surface area contributed by atoms with Crippen LogP contribution in [0.15, 0.2) is 24.3 Å². The summed E-state index contributed by atoms with van der Waals surface area (Å²) in [7, 11) is 0. The van der Waals surface area contributed by atoms with E-state index in [-0.39, 0.29) is 30.7 Å². The monoisotopic (exact) mass is 268 g/mol. The van der Waals surface area contributed by atoms with Crippen LogP contribution in [0.4, 0.5) is 5.69 Å². The molecule has 0 unspecified atom stereocenters. The van der Waals surface area contributed by atoms with Gasteiger partial charge in [-0.3, -0.25) is 9.59 Å². The number of hydrogen-bond donors (Lipinski definition) is 4. The zero-order valence-corrected chi connectivity index (χ0v) is 10.2. The van der Waals surface area contributed by atoms with E-state index < -0.39 is 11.9 Å². The van der Waals surface area contributed by atoms with Crippen LogP contribution in [0.2, 0.25) is 0 Å². The minimum atomic E-state index is -0.961. The van der Waals surface area contributed by atoms with E-state index in [1.54, 1.807) is 12.1 Å². The first-order valence-electron chi connectivity index (χ1n) is 5.39. The van der Waals surface area contributed by atoms with Crippen molar-refractivity contribution in [3.63, 3.8) is 0 Å². The van der Waals surface area contributed by atoms with Gasteiger partial charge in [0.2, 0.25) is 0 Å². The fraction of sp³-hybridized carbons (Fsp3) is 0.250. The van der Waals surface area contributed by atoms with Crippen molar-refractivity contribution in [1.82, 2.24) is 0 Å². The fourth-order valence-corrected chi connectivity index (χ4v) is 0.974. The first-order chi connectivity index (χ1) is 8.86. The zero-order valence-electron chi connectivity index (χ0n) is 10.2. The van der Waals surface area contributed by atoms with Crippen LogP contribution < -0.4 is 11.5 Å². The van der Waals surface area contributed by atoms with E-state index in [0.29, 0.717) is 5.69 Å². The maximum Gasteiger partial charge on any atom is 0.335 e. The molecule has 0 aromatic heterocycles. The van der Waals surface area contributed by atoms with Gasteiger partial charge in [-0.25, -0.2) is 4.79 Å². The average Bonchev–Trinajstić information content (AvgIpc) is 2.37. The Morgan fingerprint density at radius 3 is 1.89 bits per heavy atom. The molecule has 0 spiro atoms. The third-order valence-electron chi connectivity index (χ3n) is 2.00. The number of anilines is 1. The number of rotatable bonds is 5. The lowest BCUT2D eigenvalue weighted by Gasteiger charge is -1.93. The summed E-state index contributed by atoms with van der Waals surface area (Å²) in [5, 5.41) is 16.5. The number of carbonyl (C=O) groups excluding carboxylic acids is 1. The molecule has 0 saturated heterocycles. The molecular weight excluding hydrogens is 252 g/mol. The minimum Gasteiger partial charge on any atom is -0.481 e. The Kier molecular flexibility index (Phi) is 7.55. The van der Waals surface area contributed by atoms with Crippen LogP contribution in [0.25, 0.3) is 0 Å². The van der Waals surface area contributed by atoms with E-state index in [1.165, 1.54) is 12.1 Å². The number of ketones is 1. The number of carbonyl (C=O) groups is 3. The fourth-order valence-electron chi connectivity index (χ4n) is 0.974. The molecule has 0 amide bonds. The van der Waals surface area contributed by atoms with E-state index in [0.717, 1.165) is 0 Å². The third-order valence-corrected chi connectivity index (χ3v) is 2.00. The van der Waals surface area contributed by atoms with Gasteiger partial charge in [-0.15, -0.1) is 0 Å². The molecule has 0 fully saturated rings. The molecule has 0 aliphatic heterocycles. The maximum atomic E-state index is 10.3. The topological polar surface area (TPSA) is 144 Å². The highest BCUT2D eigenvalue weighted by Crippen LogP contribution is 2.04. The zero-order chi connectivity index (χ0) is 14.8. The molecule has 1 aromatic rings. The molecule has 6 N–H and O–H groups in total. The van der Waals surface area contributed by atoms with E-state index in [2.05, 4.69) is 0 Å². The Hall–Kier alpha value is -2.41.